The van der Waals surface area contributed by atoms with Gasteiger partial charge in [-0.05, 0) is 79.6 Å². The second kappa shape index (κ2) is 8.62. The molecule has 0 atom stereocenters. The number of nitrogens with one attached hydrogen (secondary N) is 1. The summed E-state index contributed by atoms with van der Waals surface area (Å²) in [5.41, 5.74) is 4.40. The zero-order valence-corrected chi connectivity index (χ0v) is 18.1. The van der Waals surface area contributed by atoms with Gasteiger partial charge in [0.1, 0.15) is 5.75 Å². The number of nitrogens with zero attached hydrogens (tertiary/aromatic N) is 3. The van der Waals surface area contributed by atoms with Gasteiger partial charge in [-0.1, -0.05) is 23.7 Å². The molecule has 1 amide bonds. The van der Waals surface area contributed by atoms with E-state index in [1.165, 1.54) is 0 Å². The highest BCUT2D eigenvalue weighted by Gasteiger charge is 2.20. The zero-order chi connectivity index (χ0) is 22.0. The molecule has 0 bridgehead atoms. The Morgan fingerprint density at radius 3 is 2.39 bits per heavy atom. The van der Waals surface area contributed by atoms with Crippen molar-refractivity contribution in [1.82, 2.24) is 14.8 Å². The number of carbonyl (C=O) groups excluding carboxylic acids is 1. The van der Waals surface area contributed by atoms with Crippen LogP contribution in [0, 0.1) is 13.8 Å². The summed E-state index contributed by atoms with van der Waals surface area (Å²) in [4.78, 5) is 17.5. The van der Waals surface area contributed by atoms with E-state index in [0.717, 1.165) is 22.4 Å². The van der Waals surface area contributed by atoms with Gasteiger partial charge in [-0.2, -0.15) is 0 Å². The Morgan fingerprint density at radius 1 is 1.00 bits per heavy atom. The molecule has 156 valence electrons. The van der Waals surface area contributed by atoms with Crippen LogP contribution in [0.4, 0.5) is 5.69 Å². The molecule has 31 heavy (non-hydrogen) atoms. The first-order chi connectivity index (χ1) is 14.9. The number of amides is 1. The average Bonchev–Trinajstić information content (AvgIpc) is 3.22. The summed E-state index contributed by atoms with van der Waals surface area (Å²) < 4.78 is 6.86. The molecule has 1 heterocycles. The van der Waals surface area contributed by atoms with E-state index in [1.54, 1.807) is 48.2 Å². The molecular weight excluding hydrogens is 412 g/mol. The molecule has 1 aromatic heterocycles. The molecule has 0 aliphatic heterocycles. The van der Waals surface area contributed by atoms with E-state index >= 15 is 0 Å². The molecule has 0 aliphatic rings. The molecule has 0 fully saturated rings. The Hall–Kier alpha value is -3.64. The van der Waals surface area contributed by atoms with Crippen molar-refractivity contribution in [3.05, 3.63) is 88.7 Å². The van der Waals surface area contributed by atoms with Crippen molar-refractivity contribution in [2.75, 3.05) is 12.4 Å². The number of hydrogen-bond acceptors (Lipinski definition) is 4. The lowest BCUT2D eigenvalue weighted by Gasteiger charge is -2.10. The van der Waals surface area contributed by atoms with Gasteiger partial charge in [0.2, 0.25) is 5.82 Å². The first-order valence-electron chi connectivity index (χ1n) is 9.70. The SMILES string of the molecule is COc1ccc(NC(=O)c2nc(-c3ccc(Cl)cc3)n(-c3cc(C)ccc3C)n2)cc1. The van der Waals surface area contributed by atoms with Crippen LogP contribution in [0.3, 0.4) is 0 Å². The van der Waals surface area contributed by atoms with Crippen LogP contribution in [0.2, 0.25) is 5.02 Å². The van der Waals surface area contributed by atoms with Gasteiger partial charge >= 0.3 is 0 Å². The molecule has 7 heteroatoms. The minimum absolute atomic E-state index is 0.0710. The summed E-state index contributed by atoms with van der Waals surface area (Å²) in [5, 5.41) is 8.01. The third-order valence-corrected chi connectivity index (χ3v) is 5.11. The van der Waals surface area contributed by atoms with Gasteiger partial charge in [0.05, 0.1) is 12.8 Å². The molecule has 6 nitrogen and oxygen atoms in total. The van der Waals surface area contributed by atoms with E-state index in [0.29, 0.717) is 22.3 Å². The maximum atomic E-state index is 12.9. The lowest BCUT2D eigenvalue weighted by Crippen LogP contribution is -2.14. The lowest BCUT2D eigenvalue weighted by molar-refractivity contribution is 0.101. The van der Waals surface area contributed by atoms with Crippen LogP contribution in [-0.4, -0.2) is 27.8 Å². The van der Waals surface area contributed by atoms with Crippen molar-refractivity contribution >= 4 is 23.2 Å². The van der Waals surface area contributed by atoms with Gasteiger partial charge in [0, 0.05) is 16.3 Å². The molecule has 0 aliphatic carbocycles. The Kier molecular flexibility index (Phi) is 5.73. The first-order valence-corrected chi connectivity index (χ1v) is 10.1. The van der Waals surface area contributed by atoms with E-state index in [1.807, 2.05) is 44.2 Å². The van der Waals surface area contributed by atoms with Crippen LogP contribution < -0.4 is 10.1 Å². The van der Waals surface area contributed by atoms with Crippen molar-refractivity contribution in [2.45, 2.75) is 13.8 Å². The third kappa shape index (κ3) is 4.44. The molecule has 4 rings (SSSR count). The summed E-state index contributed by atoms with van der Waals surface area (Å²) in [6.45, 7) is 4.01. The Bertz CT molecular complexity index is 1230. The fourth-order valence-electron chi connectivity index (χ4n) is 3.17. The van der Waals surface area contributed by atoms with E-state index < -0.39 is 5.91 Å². The maximum Gasteiger partial charge on any atom is 0.295 e. The highest BCUT2D eigenvalue weighted by molar-refractivity contribution is 6.30. The highest BCUT2D eigenvalue weighted by Crippen LogP contribution is 2.25. The predicted molar refractivity (Wildman–Crippen MR) is 122 cm³/mol. The van der Waals surface area contributed by atoms with Crippen LogP contribution in [0.1, 0.15) is 21.7 Å². The minimum atomic E-state index is -0.399. The Labute approximate surface area is 185 Å². The summed E-state index contributed by atoms with van der Waals surface area (Å²) in [5.74, 6) is 0.941. The number of benzene rings is 3. The number of aryl methyl sites for hydroxylation is 2. The van der Waals surface area contributed by atoms with Crippen LogP contribution in [0.15, 0.2) is 66.7 Å². The molecule has 3 aromatic carbocycles. The Balaban J connectivity index is 1.76. The molecule has 0 unspecified atom stereocenters. The largest absolute Gasteiger partial charge is 0.497 e. The Morgan fingerprint density at radius 2 is 1.71 bits per heavy atom. The van der Waals surface area contributed by atoms with Gasteiger partial charge in [-0.3, -0.25) is 4.79 Å². The maximum absolute atomic E-state index is 12.9. The molecular formula is C24H21ClN4O2. The highest BCUT2D eigenvalue weighted by atomic mass is 35.5. The number of ether oxygens (including phenoxy) is 1. The molecule has 1 N–H and O–H groups in total. The van der Waals surface area contributed by atoms with E-state index in [-0.39, 0.29) is 5.82 Å². The van der Waals surface area contributed by atoms with Crippen LogP contribution in [0.5, 0.6) is 5.75 Å². The van der Waals surface area contributed by atoms with Crippen molar-refractivity contribution in [1.29, 1.82) is 0 Å². The third-order valence-electron chi connectivity index (χ3n) is 4.85. The summed E-state index contributed by atoms with van der Waals surface area (Å²) in [7, 11) is 1.59. The minimum Gasteiger partial charge on any atom is -0.497 e. The van der Waals surface area contributed by atoms with Gasteiger partial charge in [0.15, 0.2) is 5.82 Å². The topological polar surface area (TPSA) is 69.0 Å². The van der Waals surface area contributed by atoms with E-state index in [9.17, 15) is 4.79 Å². The molecule has 0 radical (unpaired) electrons. The molecule has 0 saturated carbocycles. The zero-order valence-electron chi connectivity index (χ0n) is 17.4. The van der Waals surface area contributed by atoms with Gasteiger partial charge < -0.3 is 10.1 Å². The number of hydrogen-bond donors (Lipinski definition) is 1. The molecule has 4 aromatic rings. The number of methoxy groups -OCH3 is 1. The first kappa shape index (κ1) is 20.6. The van der Waals surface area contributed by atoms with Crippen LogP contribution in [0.25, 0.3) is 17.1 Å². The number of rotatable bonds is 5. The fourth-order valence-corrected chi connectivity index (χ4v) is 3.30. The second-order valence-electron chi connectivity index (χ2n) is 7.15. The van der Waals surface area contributed by atoms with Gasteiger partial charge in [-0.25, -0.2) is 9.67 Å². The normalized spacial score (nSPS) is 10.7. The number of anilines is 1. The lowest BCUT2D eigenvalue weighted by atomic mass is 10.1. The van der Waals surface area contributed by atoms with Crippen molar-refractivity contribution in [2.24, 2.45) is 0 Å². The summed E-state index contributed by atoms with van der Waals surface area (Å²) in [6.07, 6.45) is 0. The summed E-state index contributed by atoms with van der Waals surface area (Å²) >= 11 is 6.05. The molecule has 0 spiro atoms. The van der Waals surface area contributed by atoms with Crippen molar-refractivity contribution < 1.29 is 9.53 Å². The average molecular weight is 433 g/mol. The van der Waals surface area contributed by atoms with E-state index in [4.69, 9.17) is 16.3 Å². The second-order valence-corrected chi connectivity index (χ2v) is 7.59. The molecule has 0 saturated heterocycles. The number of halogens is 1. The van der Waals surface area contributed by atoms with Crippen LogP contribution in [-0.2, 0) is 0 Å². The monoisotopic (exact) mass is 432 g/mol. The van der Waals surface area contributed by atoms with Gasteiger partial charge in [0.25, 0.3) is 5.91 Å². The number of aromatic nitrogens is 3. The van der Waals surface area contributed by atoms with Crippen molar-refractivity contribution in [3.63, 3.8) is 0 Å². The van der Waals surface area contributed by atoms with E-state index in [2.05, 4.69) is 15.4 Å². The standard InChI is InChI=1S/C24H21ClN4O2/c1-15-4-5-16(2)21(14-15)29-23(17-6-8-18(25)9-7-17)27-22(28-29)24(30)26-19-10-12-20(31-3)13-11-19/h4-14H,1-3H3,(H,26,30). The van der Waals surface area contributed by atoms with Crippen molar-refractivity contribution in [3.8, 4) is 22.8 Å². The smallest absolute Gasteiger partial charge is 0.295 e. The quantitative estimate of drug-likeness (QED) is 0.454. The van der Waals surface area contributed by atoms with Crippen LogP contribution >= 0.6 is 11.6 Å². The van der Waals surface area contributed by atoms with Gasteiger partial charge in [-0.15, -0.1) is 5.10 Å². The summed E-state index contributed by atoms with van der Waals surface area (Å²) in [6, 6.07) is 20.5. The number of carbonyl (C=O) groups is 1. The predicted octanol–water partition coefficient (Wildman–Crippen LogP) is 5.47. The fraction of sp³-hybridized carbons (Fsp3) is 0.125.